The van der Waals surface area contributed by atoms with Gasteiger partial charge in [0, 0.05) is 31.6 Å². The van der Waals surface area contributed by atoms with Crippen LogP contribution in [0.5, 0.6) is 0 Å². The van der Waals surface area contributed by atoms with Crippen molar-refractivity contribution in [3.63, 3.8) is 0 Å². The molecule has 0 aliphatic carbocycles. The summed E-state index contributed by atoms with van der Waals surface area (Å²) in [5.74, 6) is 0.896. The van der Waals surface area contributed by atoms with Crippen LogP contribution in [0.3, 0.4) is 0 Å². The summed E-state index contributed by atoms with van der Waals surface area (Å²) < 4.78 is 15.5. The lowest BCUT2D eigenvalue weighted by Crippen LogP contribution is -2.31. The average Bonchev–Trinajstić information content (AvgIpc) is 3.28. The van der Waals surface area contributed by atoms with Gasteiger partial charge in [-0.1, -0.05) is 5.16 Å². The Morgan fingerprint density at radius 2 is 2.21 bits per heavy atom. The van der Waals surface area contributed by atoms with Gasteiger partial charge in [-0.3, -0.25) is 9.78 Å². The number of rotatable bonds is 7. The van der Waals surface area contributed by atoms with Gasteiger partial charge in [-0.2, -0.15) is 4.98 Å². The summed E-state index contributed by atoms with van der Waals surface area (Å²) in [5, 5.41) is 4.02. The van der Waals surface area contributed by atoms with Gasteiger partial charge in [-0.05, 0) is 25.0 Å². The van der Waals surface area contributed by atoms with Crippen molar-refractivity contribution in [3.8, 4) is 0 Å². The van der Waals surface area contributed by atoms with Crippen molar-refractivity contribution in [1.82, 2.24) is 20.0 Å². The van der Waals surface area contributed by atoms with E-state index >= 15 is 0 Å². The van der Waals surface area contributed by atoms with E-state index in [0.717, 1.165) is 12.8 Å². The van der Waals surface area contributed by atoms with Gasteiger partial charge < -0.3 is 18.9 Å². The Morgan fingerprint density at radius 1 is 1.38 bits per heavy atom. The van der Waals surface area contributed by atoms with E-state index in [9.17, 15) is 4.79 Å². The topological polar surface area (TPSA) is 90.6 Å². The molecule has 0 bridgehead atoms. The van der Waals surface area contributed by atoms with Crippen LogP contribution >= 0.6 is 0 Å². The Bertz CT molecular complexity index is 661. The molecule has 2 aromatic heterocycles. The van der Waals surface area contributed by atoms with E-state index in [2.05, 4.69) is 15.1 Å². The van der Waals surface area contributed by atoms with Crippen molar-refractivity contribution in [1.29, 1.82) is 0 Å². The number of aromatic nitrogens is 3. The minimum atomic E-state index is -0.165. The van der Waals surface area contributed by atoms with E-state index in [1.54, 1.807) is 36.5 Å². The molecule has 1 saturated heterocycles. The van der Waals surface area contributed by atoms with Gasteiger partial charge in [0.15, 0.2) is 5.82 Å². The van der Waals surface area contributed by atoms with Crippen LogP contribution in [-0.2, 0) is 16.1 Å². The molecule has 0 aromatic carbocycles. The summed E-state index contributed by atoms with van der Waals surface area (Å²) in [6.45, 7) is 1.89. The molecule has 24 heavy (non-hydrogen) atoms. The highest BCUT2D eigenvalue weighted by Gasteiger charge is 2.33. The molecule has 1 aliphatic heterocycles. The molecule has 3 heterocycles. The molecule has 8 nitrogen and oxygen atoms in total. The molecule has 1 atom stereocenters. The van der Waals surface area contributed by atoms with Gasteiger partial charge in [-0.15, -0.1) is 0 Å². The zero-order valence-electron chi connectivity index (χ0n) is 13.6. The monoisotopic (exact) mass is 332 g/mol. The lowest BCUT2D eigenvalue weighted by Gasteiger charge is -2.22. The highest BCUT2D eigenvalue weighted by Crippen LogP contribution is 2.31. The second-order valence-electron chi connectivity index (χ2n) is 5.48. The Balaban J connectivity index is 1.65. The van der Waals surface area contributed by atoms with E-state index in [0.29, 0.717) is 37.0 Å². The van der Waals surface area contributed by atoms with Crippen molar-refractivity contribution >= 4 is 5.91 Å². The van der Waals surface area contributed by atoms with Crippen LogP contribution in [0.15, 0.2) is 29.0 Å². The number of methoxy groups -OCH3 is 1. The van der Waals surface area contributed by atoms with E-state index in [4.69, 9.17) is 14.0 Å². The average molecular weight is 332 g/mol. The molecule has 0 saturated carbocycles. The normalized spacial score (nSPS) is 17.4. The fourth-order valence-corrected chi connectivity index (χ4v) is 2.70. The second kappa shape index (κ2) is 7.98. The number of hydrogen-bond acceptors (Lipinski definition) is 7. The van der Waals surface area contributed by atoms with E-state index in [-0.39, 0.29) is 18.6 Å². The van der Waals surface area contributed by atoms with Crippen LogP contribution in [0.1, 0.15) is 41.0 Å². The number of nitrogens with zero attached hydrogens (tertiary/aromatic N) is 4. The number of amides is 1. The molecule has 1 amide bonds. The maximum atomic E-state index is 12.7. The quantitative estimate of drug-likeness (QED) is 0.711. The molecule has 1 aliphatic rings. The summed E-state index contributed by atoms with van der Waals surface area (Å²) in [7, 11) is 1.61. The third kappa shape index (κ3) is 3.77. The minimum Gasteiger partial charge on any atom is -0.382 e. The second-order valence-corrected chi connectivity index (χ2v) is 5.48. The van der Waals surface area contributed by atoms with Crippen molar-refractivity contribution in [2.45, 2.75) is 25.5 Å². The summed E-state index contributed by atoms with van der Waals surface area (Å²) in [6.07, 6.45) is 4.96. The lowest BCUT2D eigenvalue weighted by molar-refractivity contribution is 0.0494. The molecule has 0 radical (unpaired) electrons. The van der Waals surface area contributed by atoms with Crippen LogP contribution < -0.4 is 0 Å². The van der Waals surface area contributed by atoms with E-state index < -0.39 is 0 Å². The Morgan fingerprint density at radius 3 is 3.00 bits per heavy atom. The summed E-state index contributed by atoms with van der Waals surface area (Å²) in [6, 6.07) is 3.26. The van der Waals surface area contributed by atoms with E-state index in [1.807, 2.05) is 0 Å². The maximum Gasteiger partial charge on any atom is 0.254 e. The van der Waals surface area contributed by atoms with Crippen molar-refractivity contribution in [3.05, 3.63) is 41.8 Å². The highest BCUT2D eigenvalue weighted by atomic mass is 16.5. The van der Waals surface area contributed by atoms with Gasteiger partial charge in [0.2, 0.25) is 0 Å². The molecule has 0 N–H and O–H groups in total. The molecular weight excluding hydrogens is 312 g/mol. The van der Waals surface area contributed by atoms with Crippen LogP contribution in [0, 0.1) is 0 Å². The first-order valence-corrected chi connectivity index (χ1v) is 7.89. The zero-order valence-corrected chi connectivity index (χ0v) is 13.6. The fraction of sp³-hybridized carbons (Fsp3) is 0.500. The largest absolute Gasteiger partial charge is 0.382 e. The first kappa shape index (κ1) is 16.5. The first-order valence-electron chi connectivity index (χ1n) is 7.89. The van der Waals surface area contributed by atoms with Gasteiger partial charge in [0.25, 0.3) is 11.8 Å². The van der Waals surface area contributed by atoms with Gasteiger partial charge in [-0.25, -0.2) is 0 Å². The molecule has 1 unspecified atom stereocenters. The van der Waals surface area contributed by atoms with Crippen LogP contribution in [-0.4, -0.2) is 52.8 Å². The molecule has 3 rings (SSSR count). The van der Waals surface area contributed by atoms with Gasteiger partial charge in [0.05, 0.1) is 19.3 Å². The van der Waals surface area contributed by atoms with Crippen molar-refractivity contribution < 1.29 is 18.8 Å². The summed E-state index contributed by atoms with van der Waals surface area (Å²) in [5.41, 5.74) is 0.614. The third-order valence-electron chi connectivity index (χ3n) is 3.88. The minimum absolute atomic E-state index is 0.0393. The molecular formula is C16H20N4O4. The SMILES string of the molecule is COCCOCc1nc(C2CCCN2C(=O)c2ccncc2)no1. The molecule has 8 heteroatoms. The maximum absolute atomic E-state index is 12.7. The number of pyridine rings is 1. The highest BCUT2D eigenvalue weighted by molar-refractivity contribution is 5.94. The third-order valence-corrected chi connectivity index (χ3v) is 3.88. The van der Waals surface area contributed by atoms with Crippen LogP contribution in [0.4, 0.5) is 0 Å². The standard InChI is InChI=1S/C16H20N4O4/c1-22-9-10-23-11-14-18-15(19-24-14)13-3-2-8-20(13)16(21)12-4-6-17-7-5-12/h4-7,13H,2-3,8-11H2,1H3. The van der Waals surface area contributed by atoms with E-state index in [1.165, 1.54) is 0 Å². The lowest BCUT2D eigenvalue weighted by atomic mass is 10.2. The predicted molar refractivity (Wildman–Crippen MR) is 83.1 cm³/mol. The Hall–Kier alpha value is -2.32. The fourth-order valence-electron chi connectivity index (χ4n) is 2.70. The van der Waals surface area contributed by atoms with Crippen molar-refractivity contribution in [2.24, 2.45) is 0 Å². The van der Waals surface area contributed by atoms with Gasteiger partial charge in [0.1, 0.15) is 6.61 Å². The smallest absolute Gasteiger partial charge is 0.254 e. The van der Waals surface area contributed by atoms with Crippen molar-refractivity contribution in [2.75, 3.05) is 26.9 Å². The molecule has 1 fully saturated rings. The van der Waals surface area contributed by atoms with Crippen LogP contribution in [0.2, 0.25) is 0 Å². The number of ether oxygens (including phenoxy) is 2. The number of carbonyl (C=O) groups is 1. The number of carbonyl (C=O) groups excluding carboxylic acids is 1. The first-order chi connectivity index (χ1) is 11.8. The van der Waals surface area contributed by atoms with Crippen LogP contribution in [0.25, 0.3) is 0 Å². The Labute approximate surface area is 139 Å². The zero-order chi connectivity index (χ0) is 16.8. The summed E-state index contributed by atoms with van der Waals surface area (Å²) in [4.78, 5) is 22.8. The number of hydrogen-bond donors (Lipinski definition) is 0. The molecule has 128 valence electrons. The molecule has 2 aromatic rings. The molecule has 0 spiro atoms. The Kier molecular flexibility index (Phi) is 5.50. The van der Waals surface area contributed by atoms with Gasteiger partial charge >= 0.3 is 0 Å². The summed E-state index contributed by atoms with van der Waals surface area (Å²) >= 11 is 0. The predicted octanol–water partition coefficient (Wildman–Crippen LogP) is 1.60. The number of likely N-dealkylation sites (tertiary alicyclic amines) is 1.